The highest BCUT2D eigenvalue weighted by molar-refractivity contribution is 9.10. The number of hydrogen-bond acceptors (Lipinski definition) is 4. The van der Waals surface area contributed by atoms with Crippen molar-refractivity contribution in [2.75, 3.05) is 0 Å². The fraction of sp³-hybridized carbons (Fsp3) is 0.286. The largest absolute Gasteiger partial charge is 0.368 e. The minimum absolute atomic E-state index is 0.0185. The first-order valence-electron chi connectivity index (χ1n) is 11.4. The Balaban J connectivity index is 1.55. The molecule has 2 aromatic heterocycles. The molecule has 1 atom stereocenters. The summed E-state index contributed by atoms with van der Waals surface area (Å²) >= 11 is 5.60. The average Bonchev–Trinajstić information content (AvgIpc) is 3.36. The van der Waals surface area contributed by atoms with Crippen LogP contribution in [-0.2, 0) is 11.8 Å². The molecule has 0 amide bonds. The fourth-order valence-corrected chi connectivity index (χ4v) is 6.62. The van der Waals surface area contributed by atoms with Crippen LogP contribution in [0.25, 0.3) is 42.8 Å². The molecule has 0 aliphatic rings. The molecule has 0 fully saturated rings. The maximum Gasteiger partial charge on any atom is 0.124 e. The van der Waals surface area contributed by atoms with E-state index >= 15 is 0 Å². The van der Waals surface area contributed by atoms with Gasteiger partial charge in [0.25, 0.3) is 0 Å². The van der Waals surface area contributed by atoms with E-state index in [-0.39, 0.29) is 11.7 Å². The number of ether oxygens (including phenoxy) is 1. The number of aromatic nitrogens is 3. The lowest BCUT2D eigenvalue weighted by molar-refractivity contribution is -0.0534. The van der Waals surface area contributed by atoms with Crippen LogP contribution in [-0.4, -0.2) is 20.4 Å². The molecule has 4 nitrogen and oxygen atoms in total. The lowest BCUT2D eigenvalue weighted by Crippen LogP contribution is -2.21. The number of aryl methyl sites for hydroxylation is 2. The van der Waals surface area contributed by atoms with Crippen LogP contribution in [0.2, 0.25) is 0 Å². The molecular formula is C28H28BrN3OS. The van der Waals surface area contributed by atoms with Gasteiger partial charge in [-0.1, -0.05) is 24.3 Å². The predicted octanol–water partition coefficient (Wildman–Crippen LogP) is 8.46. The van der Waals surface area contributed by atoms with Crippen LogP contribution in [0.15, 0.2) is 59.2 Å². The summed E-state index contributed by atoms with van der Waals surface area (Å²) in [4.78, 5) is 5.00. The summed E-state index contributed by atoms with van der Waals surface area (Å²) in [6.45, 7) is 10.5. The van der Waals surface area contributed by atoms with Crippen molar-refractivity contribution in [2.45, 2.75) is 46.3 Å². The molecule has 6 heteroatoms. The predicted molar refractivity (Wildman–Crippen MR) is 146 cm³/mol. The second kappa shape index (κ2) is 8.59. The van der Waals surface area contributed by atoms with E-state index in [1.54, 1.807) is 11.3 Å². The van der Waals surface area contributed by atoms with E-state index in [0.29, 0.717) is 0 Å². The maximum atomic E-state index is 6.27. The highest BCUT2D eigenvalue weighted by atomic mass is 79.9. The van der Waals surface area contributed by atoms with Crippen molar-refractivity contribution >= 4 is 48.4 Å². The van der Waals surface area contributed by atoms with Crippen LogP contribution in [0.4, 0.5) is 0 Å². The van der Waals surface area contributed by atoms with Gasteiger partial charge in [0.05, 0.1) is 33.6 Å². The van der Waals surface area contributed by atoms with Gasteiger partial charge in [-0.05, 0) is 97.1 Å². The highest BCUT2D eigenvalue weighted by Gasteiger charge is 2.23. The summed E-state index contributed by atoms with van der Waals surface area (Å²) in [6.07, 6.45) is 1.90. The zero-order valence-electron chi connectivity index (χ0n) is 20.3. The van der Waals surface area contributed by atoms with Gasteiger partial charge in [-0.2, -0.15) is 5.10 Å². The first kappa shape index (κ1) is 23.2. The standard InChI is InChI=1S/C28H28BrN3OS/c1-16-12-22-26(25(29)24(16)17(2)33-28(3,4)5)34-27(31-22)20-9-7-8-18(13-20)19-10-11-23-21(14-19)15-30-32(23)6/h7-15,17H,1-6H3/t17-/m0/s1. The molecule has 0 spiro atoms. The van der Waals surface area contributed by atoms with Crippen molar-refractivity contribution in [3.8, 4) is 21.7 Å². The van der Waals surface area contributed by atoms with Gasteiger partial charge in [-0.3, -0.25) is 4.68 Å². The molecule has 34 heavy (non-hydrogen) atoms. The minimum atomic E-state index is -0.210. The van der Waals surface area contributed by atoms with Crippen molar-refractivity contribution in [2.24, 2.45) is 7.05 Å². The summed E-state index contributed by atoms with van der Waals surface area (Å²) in [7, 11) is 1.97. The zero-order chi connectivity index (χ0) is 24.2. The van der Waals surface area contributed by atoms with E-state index in [0.717, 1.165) is 36.2 Å². The number of nitrogens with zero attached hydrogens (tertiary/aromatic N) is 3. The molecule has 0 aliphatic heterocycles. The van der Waals surface area contributed by atoms with Gasteiger partial charge in [-0.15, -0.1) is 11.3 Å². The van der Waals surface area contributed by atoms with Gasteiger partial charge in [0.15, 0.2) is 0 Å². The Hall–Kier alpha value is -2.54. The highest BCUT2D eigenvalue weighted by Crippen LogP contribution is 2.42. The van der Waals surface area contributed by atoms with Gasteiger partial charge < -0.3 is 4.74 Å². The number of hydrogen-bond donors (Lipinski definition) is 0. The normalized spacial score (nSPS) is 13.1. The number of halogens is 1. The third kappa shape index (κ3) is 4.30. The van der Waals surface area contributed by atoms with Crippen molar-refractivity contribution in [1.82, 2.24) is 14.8 Å². The van der Waals surface area contributed by atoms with Gasteiger partial charge in [0.1, 0.15) is 5.01 Å². The SMILES string of the molecule is Cc1cc2nc(-c3cccc(-c4ccc5c(cnn5C)c4)c3)sc2c(Br)c1[C@H](C)OC(C)(C)C. The molecule has 2 heterocycles. The molecule has 0 saturated carbocycles. The Morgan fingerprint density at radius 2 is 1.76 bits per heavy atom. The summed E-state index contributed by atoms with van der Waals surface area (Å²) in [5.41, 5.74) is 7.78. The zero-order valence-corrected chi connectivity index (χ0v) is 22.7. The minimum Gasteiger partial charge on any atom is -0.368 e. The van der Waals surface area contributed by atoms with Crippen molar-refractivity contribution in [3.63, 3.8) is 0 Å². The molecule has 174 valence electrons. The maximum absolute atomic E-state index is 6.27. The second-order valence-electron chi connectivity index (χ2n) is 9.78. The lowest BCUT2D eigenvalue weighted by atomic mass is 10.0. The molecule has 5 aromatic rings. The van der Waals surface area contributed by atoms with E-state index in [1.807, 2.05) is 17.9 Å². The first-order valence-corrected chi connectivity index (χ1v) is 13.0. The Morgan fingerprint density at radius 3 is 2.53 bits per heavy atom. The molecule has 0 bridgehead atoms. The van der Waals surface area contributed by atoms with E-state index in [4.69, 9.17) is 9.72 Å². The second-order valence-corrected chi connectivity index (χ2v) is 11.6. The Kier molecular flexibility index (Phi) is 5.87. The number of rotatable bonds is 4. The van der Waals surface area contributed by atoms with Gasteiger partial charge in [-0.25, -0.2) is 4.98 Å². The average molecular weight is 535 g/mol. The van der Waals surface area contributed by atoms with Crippen LogP contribution >= 0.6 is 27.3 Å². The van der Waals surface area contributed by atoms with E-state index in [9.17, 15) is 0 Å². The molecule has 5 rings (SSSR count). The monoisotopic (exact) mass is 533 g/mol. The van der Waals surface area contributed by atoms with E-state index in [1.165, 1.54) is 22.3 Å². The molecule has 3 aromatic carbocycles. The Bertz CT molecular complexity index is 1530. The van der Waals surface area contributed by atoms with Gasteiger partial charge >= 0.3 is 0 Å². The Morgan fingerprint density at radius 1 is 1.03 bits per heavy atom. The Labute approximate surface area is 212 Å². The smallest absolute Gasteiger partial charge is 0.124 e. The van der Waals surface area contributed by atoms with Crippen LogP contribution < -0.4 is 0 Å². The molecule has 0 radical (unpaired) electrons. The number of benzene rings is 3. The van der Waals surface area contributed by atoms with Crippen molar-refractivity contribution in [3.05, 3.63) is 70.3 Å². The lowest BCUT2D eigenvalue weighted by Gasteiger charge is -2.27. The molecular weight excluding hydrogens is 506 g/mol. The summed E-state index contributed by atoms with van der Waals surface area (Å²) in [5, 5.41) is 6.53. The summed E-state index contributed by atoms with van der Waals surface area (Å²) in [5.74, 6) is 0. The molecule has 0 unspecified atom stereocenters. The topological polar surface area (TPSA) is 39.9 Å². The van der Waals surface area contributed by atoms with Gasteiger partial charge in [0.2, 0.25) is 0 Å². The number of fused-ring (bicyclic) bond motifs is 2. The van der Waals surface area contributed by atoms with Crippen molar-refractivity contribution in [1.29, 1.82) is 0 Å². The van der Waals surface area contributed by atoms with Crippen LogP contribution in [0.3, 0.4) is 0 Å². The quantitative estimate of drug-likeness (QED) is 0.232. The van der Waals surface area contributed by atoms with Gasteiger partial charge in [0, 0.05) is 22.5 Å². The molecule has 0 N–H and O–H groups in total. The summed E-state index contributed by atoms with van der Waals surface area (Å²) in [6, 6.07) is 17.3. The first-order chi connectivity index (χ1) is 16.1. The third-order valence-corrected chi connectivity index (χ3v) is 8.22. The van der Waals surface area contributed by atoms with E-state index < -0.39 is 0 Å². The van der Waals surface area contributed by atoms with E-state index in [2.05, 4.69) is 104 Å². The third-order valence-electron chi connectivity index (χ3n) is 5.99. The van der Waals surface area contributed by atoms with Crippen LogP contribution in [0.5, 0.6) is 0 Å². The van der Waals surface area contributed by atoms with Crippen LogP contribution in [0.1, 0.15) is 44.9 Å². The number of thiazole rings is 1. The molecule has 0 aliphatic carbocycles. The van der Waals surface area contributed by atoms with Crippen LogP contribution in [0, 0.1) is 6.92 Å². The fourth-order valence-electron chi connectivity index (χ4n) is 4.55. The summed E-state index contributed by atoms with van der Waals surface area (Å²) < 4.78 is 10.4. The van der Waals surface area contributed by atoms with Crippen molar-refractivity contribution < 1.29 is 4.74 Å². The molecule has 0 saturated heterocycles.